The molecule has 0 amide bonds. The number of β-amino-alcohol motifs (C(OH)–C–C–N with tert-alkyl or cyclic N) is 1. The van der Waals surface area contributed by atoms with Gasteiger partial charge in [0.2, 0.25) is 10.0 Å². The molecule has 0 saturated heterocycles. The highest BCUT2D eigenvalue weighted by molar-refractivity contribution is 8.02. The van der Waals surface area contributed by atoms with Crippen molar-refractivity contribution >= 4 is 21.8 Å². The number of halogens is 3. The van der Waals surface area contributed by atoms with Crippen molar-refractivity contribution in [2.24, 2.45) is 5.92 Å². The monoisotopic (exact) mass is 538 g/mol. The molecule has 6 nitrogen and oxygen atoms in total. The Hall–Kier alpha value is -1.27. The Morgan fingerprint density at radius 3 is 2.60 bits per heavy atom. The van der Waals surface area contributed by atoms with Crippen molar-refractivity contribution in [2.75, 3.05) is 25.9 Å². The summed E-state index contributed by atoms with van der Waals surface area (Å²) in [6, 6.07) is 3.41. The average molecular weight is 539 g/mol. The van der Waals surface area contributed by atoms with E-state index in [-0.39, 0.29) is 23.5 Å². The van der Waals surface area contributed by atoms with Gasteiger partial charge in [0.05, 0.1) is 11.0 Å². The van der Waals surface area contributed by atoms with Crippen molar-refractivity contribution in [1.82, 2.24) is 9.62 Å². The predicted octanol–water partition coefficient (Wildman–Crippen LogP) is 4.93. The maximum atomic E-state index is 13.1. The highest BCUT2D eigenvalue weighted by Crippen LogP contribution is 2.29. The molecule has 0 saturated carbocycles. The van der Waals surface area contributed by atoms with E-state index in [1.807, 2.05) is 32.5 Å². The van der Waals surface area contributed by atoms with Crippen molar-refractivity contribution in [1.29, 1.82) is 0 Å². The Morgan fingerprint density at radius 2 is 2.00 bits per heavy atom. The van der Waals surface area contributed by atoms with Crippen molar-refractivity contribution in [3.8, 4) is 5.75 Å². The SMILES string of the molecule is CCCc1cc(OC(F)(F)F)cc(S(=O)(=O)N(C)C[C@H](O)CNC(C)(C)CCCC2C=CSC2)c1. The molecule has 1 aromatic rings. The zero-order chi connectivity index (χ0) is 26.3. The third-order valence-electron chi connectivity index (χ3n) is 5.84. The minimum absolute atomic E-state index is 0.185. The van der Waals surface area contributed by atoms with E-state index < -0.39 is 28.2 Å². The number of hydrogen-bond donors (Lipinski definition) is 2. The van der Waals surface area contributed by atoms with Gasteiger partial charge < -0.3 is 15.2 Å². The normalized spacial score (nSPS) is 17.8. The van der Waals surface area contributed by atoms with Crippen LogP contribution in [0.4, 0.5) is 13.2 Å². The second-order valence-corrected chi connectivity index (χ2v) is 12.6. The second-order valence-electron chi connectivity index (χ2n) is 9.63. The molecule has 11 heteroatoms. The lowest BCUT2D eigenvalue weighted by molar-refractivity contribution is -0.274. The number of likely N-dealkylation sites (N-methyl/N-ethyl adjacent to an activating group) is 1. The van der Waals surface area contributed by atoms with Crippen molar-refractivity contribution in [2.45, 2.75) is 75.8 Å². The first-order valence-corrected chi connectivity index (χ1v) is 14.3. The maximum absolute atomic E-state index is 13.1. The number of nitrogens with zero attached hydrogens (tertiary/aromatic N) is 1. The molecular weight excluding hydrogens is 501 g/mol. The van der Waals surface area contributed by atoms with Gasteiger partial charge in [0.25, 0.3) is 0 Å². The van der Waals surface area contributed by atoms with E-state index in [2.05, 4.69) is 21.5 Å². The zero-order valence-electron chi connectivity index (χ0n) is 20.8. The van der Waals surface area contributed by atoms with Crippen LogP contribution in [0.1, 0.15) is 52.0 Å². The Bertz CT molecular complexity index is 953. The van der Waals surface area contributed by atoms with E-state index >= 15 is 0 Å². The summed E-state index contributed by atoms with van der Waals surface area (Å²) in [5.41, 5.74) is 0.198. The van der Waals surface area contributed by atoms with E-state index in [1.165, 1.54) is 19.2 Å². The molecule has 1 aliphatic rings. The van der Waals surface area contributed by atoms with Gasteiger partial charge in [-0.2, -0.15) is 4.31 Å². The topological polar surface area (TPSA) is 78.9 Å². The van der Waals surface area contributed by atoms with Crippen molar-refractivity contribution < 1.29 is 31.4 Å². The molecule has 200 valence electrons. The summed E-state index contributed by atoms with van der Waals surface area (Å²) in [6.45, 7) is 5.91. The summed E-state index contributed by atoms with van der Waals surface area (Å²) in [7, 11) is -2.84. The molecule has 1 heterocycles. The number of thioether (sulfide) groups is 1. The fourth-order valence-electron chi connectivity index (χ4n) is 3.91. The summed E-state index contributed by atoms with van der Waals surface area (Å²) >= 11 is 1.83. The van der Waals surface area contributed by atoms with E-state index in [1.54, 1.807) is 0 Å². The zero-order valence-corrected chi connectivity index (χ0v) is 22.4. The fraction of sp³-hybridized carbons (Fsp3) is 0.667. The molecule has 35 heavy (non-hydrogen) atoms. The van der Waals surface area contributed by atoms with Crippen LogP contribution in [-0.4, -0.2) is 61.7 Å². The quantitative estimate of drug-likeness (QED) is 0.350. The first-order valence-electron chi connectivity index (χ1n) is 11.8. The molecule has 0 fully saturated rings. The van der Waals surface area contributed by atoms with Gasteiger partial charge >= 0.3 is 6.36 Å². The van der Waals surface area contributed by atoms with Gasteiger partial charge in [0, 0.05) is 37.5 Å². The van der Waals surface area contributed by atoms with E-state index in [0.717, 1.165) is 35.4 Å². The predicted molar refractivity (Wildman–Crippen MR) is 134 cm³/mol. The lowest BCUT2D eigenvalue weighted by Gasteiger charge is -2.29. The molecule has 0 aliphatic carbocycles. The number of sulfonamides is 1. The number of alkyl halides is 3. The van der Waals surface area contributed by atoms with E-state index in [9.17, 15) is 26.7 Å². The van der Waals surface area contributed by atoms with Gasteiger partial charge in [-0.25, -0.2) is 8.42 Å². The van der Waals surface area contributed by atoms with Crippen molar-refractivity contribution in [3.63, 3.8) is 0 Å². The number of nitrogens with one attached hydrogen (secondary N) is 1. The Balaban J connectivity index is 1.97. The van der Waals surface area contributed by atoms with E-state index in [4.69, 9.17) is 0 Å². The van der Waals surface area contributed by atoms with Gasteiger partial charge in [0.1, 0.15) is 5.75 Å². The van der Waals surface area contributed by atoms with Crippen LogP contribution in [0.2, 0.25) is 0 Å². The van der Waals surface area contributed by atoms with Gasteiger partial charge in [-0.15, -0.1) is 24.9 Å². The summed E-state index contributed by atoms with van der Waals surface area (Å²) in [4.78, 5) is -0.301. The van der Waals surface area contributed by atoms with Crippen LogP contribution in [0.15, 0.2) is 34.6 Å². The Morgan fingerprint density at radius 1 is 1.29 bits per heavy atom. The summed E-state index contributed by atoms with van der Waals surface area (Å²) in [5.74, 6) is 1.16. The van der Waals surface area contributed by atoms with Crippen LogP contribution in [0.5, 0.6) is 5.75 Å². The average Bonchev–Trinajstić information content (AvgIpc) is 3.24. The number of hydrogen-bond acceptors (Lipinski definition) is 6. The first-order chi connectivity index (χ1) is 16.2. The Labute approximate surface area is 211 Å². The maximum Gasteiger partial charge on any atom is 0.573 e. The number of aliphatic hydroxyl groups is 1. The highest BCUT2D eigenvalue weighted by atomic mass is 32.2. The molecule has 0 spiro atoms. The fourth-order valence-corrected chi connectivity index (χ4v) is 6.18. The van der Waals surface area contributed by atoms with Crippen LogP contribution in [0.25, 0.3) is 0 Å². The molecule has 0 radical (unpaired) electrons. The minimum atomic E-state index is -4.93. The number of aryl methyl sites for hydroxylation is 1. The van der Waals surface area contributed by atoms with Gasteiger partial charge in [-0.05, 0) is 62.1 Å². The summed E-state index contributed by atoms with van der Waals surface area (Å²) < 4.78 is 69.2. The first kappa shape index (κ1) is 30.0. The molecule has 1 unspecified atom stereocenters. The highest BCUT2D eigenvalue weighted by Gasteiger charge is 2.32. The summed E-state index contributed by atoms with van der Waals surface area (Å²) in [5, 5.41) is 15.9. The number of ether oxygens (including phenoxy) is 1. The van der Waals surface area contributed by atoms with Gasteiger partial charge in [0.15, 0.2) is 0 Å². The smallest absolute Gasteiger partial charge is 0.406 e. The summed E-state index contributed by atoms with van der Waals surface area (Å²) in [6.07, 6.45) is 0.397. The molecule has 2 N–H and O–H groups in total. The third kappa shape index (κ3) is 10.3. The lowest BCUT2D eigenvalue weighted by atomic mass is 9.94. The van der Waals surface area contributed by atoms with Crippen LogP contribution in [0, 0.1) is 5.92 Å². The third-order valence-corrected chi connectivity index (χ3v) is 8.61. The molecule has 1 aliphatic heterocycles. The molecule has 0 aromatic heterocycles. The van der Waals surface area contributed by atoms with Crippen LogP contribution >= 0.6 is 11.8 Å². The largest absolute Gasteiger partial charge is 0.573 e. The van der Waals surface area contributed by atoms with E-state index in [0.29, 0.717) is 24.3 Å². The van der Waals surface area contributed by atoms with Crippen molar-refractivity contribution in [3.05, 3.63) is 35.2 Å². The number of allylic oxidation sites excluding steroid dienone is 1. The van der Waals surface area contributed by atoms with Crippen LogP contribution < -0.4 is 10.1 Å². The van der Waals surface area contributed by atoms with Gasteiger partial charge in [-0.1, -0.05) is 25.8 Å². The Kier molecular flexibility index (Phi) is 11.0. The number of rotatable bonds is 14. The number of benzene rings is 1. The molecule has 0 bridgehead atoms. The number of aliphatic hydroxyl groups excluding tert-OH is 1. The molecular formula is C24H37F3N2O4S2. The molecule has 1 aromatic carbocycles. The van der Waals surface area contributed by atoms with Gasteiger partial charge in [-0.3, -0.25) is 0 Å². The molecule has 2 rings (SSSR count). The van der Waals surface area contributed by atoms with Crippen LogP contribution in [-0.2, 0) is 16.4 Å². The lowest BCUT2D eigenvalue weighted by Crippen LogP contribution is -2.46. The second kappa shape index (κ2) is 12.8. The minimum Gasteiger partial charge on any atom is -0.406 e. The molecule has 2 atom stereocenters. The van der Waals surface area contributed by atoms with Crippen LogP contribution in [0.3, 0.4) is 0 Å². The standard InChI is InChI=1S/C24H37F3N2O4S2/c1-5-7-19-12-21(33-24(25,26)27)14-22(13-19)35(31,32)29(4)16-20(30)15-28-23(2,3)10-6-8-18-9-11-34-17-18/h9,11-14,18,20,28,30H,5-8,10,15-17H2,1-4H3/t18?,20-/m1/s1.